The van der Waals surface area contributed by atoms with Gasteiger partial charge in [-0.1, -0.05) is 19.9 Å². The number of likely N-dealkylation sites (tertiary alicyclic amines) is 1. The molecule has 0 N–H and O–H groups in total. The SMILES string of the molecule is Cc1nc([C@@H]2CCCN(C(=O)C(C)C)C2)nc2c1CCCN2CCc1ccccn1. The summed E-state index contributed by atoms with van der Waals surface area (Å²) in [5.41, 5.74) is 3.51. The first-order valence-electron chi connectivity index (χ1n) is 11.3. The molecule has 0 saturated carbocycles. The van der Waals surface area contributed by atoms with Gasteiger partial charge in [0.2, 0.25) is 5.91 Å². The number of rotatable bonds is 5. The van der Waals surface area contributed by atoms with E-state index in [4.69, 9.17) is 9.97 Å². The average Bonchev–Trinajstić information content (AvgIpc) is 2.78. The zero-order valence-corrected chi connectivity index (χ0v) is 18.5. The summed E-state index contributed by atoms with van der Waals surface area (Å²) < 4.78 is 0. The van der Waals surface area contributed by atoms with Crippen molar-refractivity contribution in [2.75, 3.05) is 31.1 Å². The summed E-state index contributed by atoms with van der Waals surface area (Å²) in [4.78, 5) is 31.4. The number of anilines is 1. The van der Waals surface area contributed by atoms with Crippen LogP contribution in [0.25, 0.3) is 0 Å². The Hall–Kier alpha value is -2.50. The van der Waals surface area contributed by atoms with Crippen LogP contribution in [0.1, 0.15) is 61.8 Å². The number of fused-ring (bicyclic) bond motifs is 1. The highest BCUT2D eigenvalue weighted by molar-refractivity contribution is 5.78. The molecule has 2 aliphatic heterocycles. The summed E-state index contributed by atoms with van der Waals surface area (Å²) in [7, 11) is 0. The number of aryl methyl sites for hydroxylation is 1. The largest absolute Gasteiger partial charge is 0.356 e. The van der Waals surface area contributed by atoms with Crippen LogP contribution in [0, 0.1) is 12.8 Å². The zero-order chi connectivity index (χ0) is 21.1. The van der Waals surface area contributed by atoms with E-state index in [0.717, 1.165) is 81.3 Å². The Morgan fingerprint density at radius 1 is 1.20 bits per heavy atom. The molecule has 6 nitrogen and oxygen atoms in total. The van der Waals surface area contributed by atoms with Gasteiger partial charge in [0.05, 0.1) is 0 Å². The molecule has 2 aromatic heterocycles. The van der Waals surface area contributed by atoms with E-state index in [1.165, 1.54) is 5.56 Å². The smallest absolute Gasteiger partial charge is 0.225 e. The van der Waals surface area contributed by atoms with Crippen molar-refractivity contribution in [2.45, 2.75) is 58.8 Å². The summed E-state index contributed by atoms with van der Waals surface area (Å²) in [6, 6.07) is 6.09. The second-order valence-corrected chi connectivity index (χ2v) is 8.91. The number of hydrogen-bond donors (Lipinski definition) is 0. The molecule has 0 unspecified atom stereocenters. The van der Waals surface area contributed by atoms with Crippen LogP contribution in [0.4, 0.5) is 5.82 Å². The van der Waals surface area contributed by atoms with Gasteiger partial charge in [-0.05, 0) is 44.7 Å². The highest BCUT2D eigenvalue weighted by atomic mass is 16.2. The van der Waals surface area contributed by atoms with Gasteiger partial charge < -0.3 is 9.80 Å². The van der Waals surface area contributed by atoms with E-state index >= 15 is 0 Å². The zero-order valence-electron chi connectivity index (χ0n) is 18.5. The molecule has 2 aliphatic rings. The van der Waals surface area contributed by atoms with Crippen molar-refractivity contribution in [3.63, 3.8) is 0 Å². The number of carbonyl (C=O) groups is 1. The fourth-order valence-electron chi connectivity index (χ4n) is 4.66. The first-order valence-corrected chi connectivity index (χ1v) is 11.3. The van der Waals surface area contributed by atoms with E-state index in [0.29, 0.717) is 0 Å². The van der Waals surface area contributed by atoms with Crippen LogP contribution >= 0.6 is 0 Å². The molecule has 1 saturated heterocycles. The Kier molecular flexibility index (Phi) is 6.30. The maximum absolute atomic E-state index is 12.5. The fraction of sp³-hybridized carbons (Fsp3) is 0.583. The summed E-state index contributed by atoms with van der Waals surface area (Å²) in [5, 5.41) is 0. The normalized spacial score (nSPS) is 19.1. The topological polar surface area (TPSA) is 62.2 Å². The predicted octanol–water partition coefficient (Wildman–Crippen LogP) is 3.54. The van der Waals surface area contributed by atoms with Crippen LogP contribution in [0.15, 0.2) is 24.4 Å². The second-order valence-electron chi connectivity index (χ2n) is 8.91. The highest BCUT2D eigenvalue weighted by Gasteiger charge is 2.30. The fourth-order valence-corrected chi connectivity index (χ4v) is 4.66. The van der Waals surface area contributed by atoms with E-state index in [9.17, 15) is 4.79 Å². The summed E-state index contributed by atoms with van der Waals surface area (Å²) >= 11 is 0. The van der Waals surface area contributed by atoms with Gasteiger partial charge in [-0.2, -0.15) is 0 Å². The van der Waals surface area contributed by atoms with Crippen molar-refractivity contribution >= 4 is 11.7 Å². The first kappa shape index (κ1) is 20.8. The van der Waals surface area contributed by atoms with Gasteiger partial charge >= 0.3 is 0 Å². The van der Waals surface area contributed by atoms with Crippen molar-refractivity contribution in [3.05, 3.63) is 47.2 Å². The van der Waals surface area contributed by atoms with Crippen LogP contribution in [-0.4, -0.2) is 51.9 Å². The third-order valence-electron chi connectivity index (χ3n) is 6.32. The maximum atomic E-state index is 12.5. The Labute approximate surface area is 179 Å². The first-order chi connectivity index (χ1) is 14.5. The summed E-state index contributed by atoms with van der Waals surface area (Å²) in [5.74, 6) is 2.53. The van der Waals surface area contributed by atoms with Crippen molar-refractivity contribution in [2.24, 2.45) is 5.92 Å². The molecule has 1 amide bonds. The number of carbonyl (C=O) groups excluding carboxylic acids is 1. The monoisotopic (exact) mass is 407 g/mol. The van der Waals surface area contributed by atoms with Crippen LogP contribution in [0.2, 0.25) is 0 Å². The molecule has 30 heavy (non-hydrogen) atoms. The third kappa shape index (κ3) is 4.47. The van der Waals surface area contributed by atoms with Crippen LogP contribution in [-0.2, 0) is 17.6 Å². The molecule has 0 aromatic carbocycles. The highest BCUT2D eigenvalue weighted by Crippen LogP contribution is 2.32. The van der Waals surface area contributed by atoms with E-state index < -0.39 is 0 Å². The van der Waals surface area contributed by atoms with Crippen molar-refractivity contribution < 1.29 is 4.79 Å². The van der Waals surface area contributed by atoms with E-state index in [-0.39, 0.29) is 17.7 Å². The number of pyridine rings is 1. The van der Waals surface area contributed by atoms with Crippen molar-refractivity contribution in [1.82, 2.24) is 19.9 Å². The molecule has 6 heteroatoms. The van der Waals surface area contributed by atoms with Crippen LogP contribution in [0.5, 0.6) is 0 Å². The number of aromatic nitrogens is 3. The molecule has 1 fully saturated rings. The Bertz CT molecular complexity index is 883. The van der Waals surface area contributed by atoms with E-state index in [1.807, 2.05) is 37.1 Å². The Morgan fingerprint density at radius 2 is 2.07 bits per heavy atom. The van der Waals surface area contributed by atoms with Gasteiger partial charge in [-0.3, -0.25) is 9.78 Å². The lowest BCUT2D eigenvalue weighted by molar-refractivity contribution is -0.135. The lowest BCUT2D eigenvalue weighted by Crippen LogP contribution is -2.42. The van der Waals surface area contributed by atoms with Crippen LogP contribution in [0.3, 0.4) is 0 Å². The van der Waals surface area contributed by atoms with Gasteiger partial charge in [0.15, 0.2) is 0 Å². The molecule has 1 atom stereocenters. The molecule has 0 bridgehead atoms. The molecule has 160 valence electrons. The van der Waals surface area contributed by atoms with Crippen molar-refractivity contribution in [3.8, 4) is 0 Å². The number of hydrogen-bond acceptors (Lipinski definition) is 5. The lowest BCUT2D eigenvalue weighted by Gasteiger charge is -2.35. The minimum Gasteiger partial charge on any atom is -0.356 e. The Balaban J connectivity index is 1.55. The molecule has 0 spiro atoms. The molecule has 4 rings (SSSR count). The van der Waals surface area contributed by atoms with Gasteiger partial charge in [0.25, 0.3) is 0 Å². The molecule has 4 heterocycles. The minimum absolute atomic E-state index is 0.0389. The molecule has 0 radical (unpaired) electrons. The second kappa shape index (κ2) is 9.11. The molecule has 2 aromatic rings. The third-order valence-corrected chi connectivity index (χ3v) is 6.32. The predicted molar refractivity (Wildman–Crippen MR) is 119 cm³/mol. The van der Waals surface area contributed by atoms with Crippen LogP contribution < -0.4 is 4.90 Å². The summed E-state index contributed by atoms with van der Waals surface area (Å²) in [6.07, 6.45) is 7.03. The van der Waals surface area contributed by atoms with Gasteiger partial charge in [-0.25, -0.2) is 9.97 Å². The molecule has 0 aliphatic carbocycles. The summed E-state index contributed by atoms with van der Waals surface area (Å²) in [6.45, 7) is 9.61. The average molecular weight is 408 g/mol. The van der Waals surface area contributed by atoms with Crippen molar-refractivity contribution in [1.29, 1.82) is 0 Å². The van der Waals surface area contributed by atoms with Gasteiger partial charge in [0.1, 0.15) is 11.6 Å². The molecular weight excluding hydrogens is 374 g/mol. The maximum Gasteiger partial charge on any atom is 0.225 e. The molecular formula is C24H33N5O. The standard InChI is InChI=1S/C24H33N5O/c1-17(2)24(30)29-14-6-8-19(16-29)22-26-18(3)21-10-7-13-28(23(21)27-22)15-11-20-9-4-5-12-25-20/h4-5,9,12,17,19H,6-8,10-11,13-16H2,1-3H3/t19-/m1/s1. The van der Waals surface area contributed by atoms with E-state index in [1.54, 1.807) is 0 Å². The number of amides is 1. The lowest BCUT2D eigenvalue weighted by atomic mass is 9.95. The number of piperidine rings is 1. The van der Waals surface area contributed by atoms with E-state index in [2.05, 4.69) is 22.9 Å². The Morgan fingerprint density at radius 3 is 2.83 bits per heavy atom. The quantitative estimate of drug-likeness (QED) is 0.759. The van der Waals surface area contributed by atoms with Gasteiger partial charge in [0, 0.05) is 67.6 Å². The number of nitrogens with zero attached hydrogens (tertiary/aromatic N) is 5. The van der Waals surface area contributed by atoms with Gasteiger partial charge in [-0.15, -0.1) is 0 Å². The minimum atomic E-state index is 0.0389.